The van der Waals surface area contributed by atoms with Crippen LogP contribution in [0.1, 0.15) is 31.9 Å². The summed E-state index contributed by atoms with van der Waals surface area (Å²) in [5.74, 6) is 1.36. The lowest BCUT2D eigenvalue weighted by Crippen LogP contribution is -2.19. The van der Waals surface area contributed by atoms with Crippen LogP contribution in [0.5, 0.6) is 11.5 Å². The first-order valence-corrected chi connectivity index (χ1v) is 7.82. The number of hydrogen-bond donors (Lipinski definition) is 1. The van der Waals surface area contributed by atoms with Gasteiger partial charge in [-0.05, 0) is 55.8 Å². The van der Waals surface area contributed by atoms with E-state index in [4.69, 9.17) is 27.9 Å². The second-order valence-corrected chi connectivity index (χ2v) is 5.77. The van der Waals surface area contributed by atoms with Crippen molar-refractivity contribution < 1.29 is 4.74 Å². The summed E-state index contributed by atoms with van der Waals surface area (Å²) in [6, 6.07) is 13.5. The molecule has 112 valence electrons. The minimum absolute atomic E-state index is 0.332. The van der Waals surface area contributed by atoms with Gasteiger partial charge < -0.3 is 10.1 Å². The van der Waals surface area contributed by atoms with Crippen molar-refractivity contribution >= 4 is 23.2 Å². The van der Waals surface area contributed by atoms with Crippen molar-refractivity contribution in [3.8, 4) is 11.5 Å². The third-order valence-corrected chi connectivity index (χ3v) is 3.73. The molecule has 4 heteroatoms. The molecule has 2 rings (SSSR count). The molecule has 0 fully saturated rings. The molecule has 0 bridgehead atoms. The maximum Gasteiger partial charge on any atom is 0.146 e. The predicted molar refractivity (Wildman–Crippen MR) is 89.7 cm³/mol. The molecule has 21 heavy (non-hydrogen) atoms. The molecule has 2 nitrogen and oxygen atoms in total. The van der Waals surface area contributed by atoms with Gasteiger partial charge in [0.05, 0.1) is 5.02 Å². The van der Waals surface area contributed by atoms with E-state index < -0.39 is 0 Å². The summed E-state index contributed by atoms with van der Waals surface area (Å²) in [6.45, 7) is 5.33. The molecule has 1 unspecified atom stereocenters. The Kier molecular flexibility index (Phi) is 5.92. The molecule has 0 aromatic heterocycles. The lowest BCUT2D eigenvalue weighted by atomic mass is 10.1. The fourth-order valence-electron chi connectivity index (χ4n) is 1.99. The van der Waals surface area contributed by atoms with Gasteiger partial charge in [0.15, 0.2) is 0 Å². The molecular weight excluding hydrogens is 305 g/mol. The minimum Gasteiger partial charge on any atom is -0.456 e. The Hall–Kier alpha value is -1.22. The topological polar surface area (TPSA) is 21.3 Å². The standard InChI is InChI=1S/C17H19Cl2NO/c1-3-10-20-12(2)13-4-7-15(8-5-13)21-17-9-6-14(18)11-16(17)19/h4-9,11-12,20H,3,10H2,1-2H3. The maximum atomic E-state index is 6.10. The summed E-state index contributed by atoms with van der Waals surface area (Å²) in [4.78, 5) is 0. The minimum atomic E-state index is 0.332. The van der Waals surface area contributed by atoms with E-state index in [-0.39, 0.29) is 0 Å². The van der Waals surface area contributed by atoms with Crippen LogP contribution in [0.2, 0.25) is 10.0 Å². The highest BCUT2D eigenvalue weighted by Crippen LogP contribution is 2.31. The number of halogens is 2. The fourth-order valence-corrected chi connectivity index (χ4v) is 2.44. The summed E-state index contributed by atoms with van der Waals surface area (Å²) in [7, 11) is 0. The molecule has 0 amide bonds. The lowest BCUT2D eigenvalue weighted by Gasteiger charge is -2.14. The van der Waals surface area contributed by atoms with Crippen LogP contribution >= 0.6 is 23.2 Å². The van der Waals surface area contributed by atoms with Gasteiger partial charge in [0.2, 0.25) is 0 Å². The summed E-state index contributed by atoms with van der Waals surface area (Å²) in [5.41, 5.74) is 1.23. The van der Waals surface area contributed by atoms with Crippen molar-refractivity contribution in [2.45, 2.75) is 26.3 Å². The molecule has 0 aliphatic carbocycles. The van der Waals surface area contributed by atoms with Crippen molar-refractivity contribution in [1.82, 2.24) is 5.32 Å². The molecule has 2 aromatic rings. The Morgan fingerprint density at radius 1 is 1.10 bits per heavy atom. The number of nitrogens with one attached hydrogen (secondary N) is 1. The van der Waals surface area contributed by atoms with Gasteiger partial charge in [0, 0.05) is 11.1 Å². The second-order valence-electron chi connectivity index (χ2n) is 4.92. The molecule has 1 N–H and O–H groups in total. The van der Waals surface area contributed by atoms with E-state index in [0.29, 0.717) is 21.8 Å². The van der Waals surface area contributed by atoms with Gasteiger partial charge in [0.25, 0.3) is 0 Å². The van der Waals surface area contributed by atoms with Crippen molar-refractivity contribution in [2.75, 3.05) is 6.54 Å². The normalized spacial score (nSPS) is 12.2. The SMILES string of the molecule is CCCNC(C)c1ccc(Oc2ccc(Cl)cc2Cl)cc1. The summed E-state index contributed by atoms with van der Waals surface area (Å²) < 4.78 is 5.77. The van der Waals surface area contributed by atoms with Crippen LogP contribution in [0.15, 0.2) is 42.5 Å². The van der Waals surface area contributed by atoms with Gasteiger partial charge in [-0.2, -0.15) is 0 Å². The van der Waals surface area contributed by atoms with Crippen molar-refractivity contribution in [2.24, 2.45) is 0 Å². The molecule has 0 saturated carbocycles. The van der Waals surface area contributed by atoms with Gasteiger partial charge in [-0.25, -0.2) is 0 Å². The highest BCUT2D eigenvalue weighted by atomic mass is 35.5. The summed E-state index contributed by atoms with van der Waals surface area (Å²) in [6.07, 6.45) is 1.13. The third kappa shape index (κ3) is 4.63. The van der Waals surface area contributed by atoms with Gasteiger partial charge in [-0.1, -0.05) is 42.3 Å². The Morgan fingerprint density at radius 3 is 2.43 bits per heavy atom. The van der Waals surface area contributed by atoms with E-state index in [1.807, 2.05) is 12.1 Å². The monoisotopic (exact) mass is 323 g/mol. The first kappa shape index (κ1) is 16.2. The van der Waals surface area contributed by atoms with E-state index in [9.17, 15) is 0 Å². The molecule has 0 heterocycles. The van der Waals surface area contributed by atoms with E-state index in [2.05, 4.69) is 31.3 Å². The molecule has 0 radical (unpaired) electrons. The van der Waals surface area contributed by atoms with Crippen molar-refractivity contribution in [3.63, 3.8) is 0 Å². The smallest absolute Gasteiger partial charge is 0.146 e. The average molecular weight is 324 g/mol. The highest BCUT2D eigenvalue weighted by molar-refractivity contribution is 6.35. The predicted octanol–water partition coefficient (Wildman–Crippen LogP) is 5.85. The van der Waals surface area contributed by atoms with Crippen LogP contribution in [0.25, 0.3) is 0 Å². The largest absolute Gasteiger partial charge is 0.456 e. The molecule has 1 atom stereocenters. The third-order valence-electron chi connectivity index (χ3n) is 3.20. The van der Waals surface area contributed by atoms with Crippen LogP contribution in [0, 0.1) is 0 Å². The zero-order valence-corrected chi connectivity index (χ0v) is 13.7. The van der Waals surface area contributed by atoms with E-state index >= 15 is 0 Å². The zero-order chi connectivity index (χ0) is 15.2. The highest BCUT2D eigenvalue weighted by Gasteiger charge is 2.06. The van der Waals surface area contributed by atoms with Crippen LogP contribution in [-0.2, 0) is 0 Å². The number of ether oxygens (including phenoxy) is 1. The Morgan fingerprint density at radius 2 is 1.81 bits per heavy atom. The molecular formula is C17H19Cl2NO. The van der Waals surface area contributed by atoms with Gasteiger partial charge in [-0.15, -0.1) is 0 Å². The molecule has 0 spiro atoms. The average Bonchev–Trinajstić information content (AvgIpc) is 2.48. The van der Waals surface area contributed by atoms with Crippen LogP contribution in [-0.4, -0.2) is 6.54 Å². The van der Waals surface area contributed by atoms with Crippen LogP contribution in [0.4, 0.5) is 0 Å². The molecule has 0 saturated heterocycles. The van der Waals surface area contributed by atoms with Crippen LogP contribution < -0.4 is 10.1 Å². The van der Waals surface area contributed by atoms with Crippen molar-refractivity contribution in [3.05, 3.63) is 58.1 Å². The Bertz CT molecular complexity index is 584. The Labute approximate surface area is 136 Å². The zero-order valence-electron chi connectivity index (χ0n) is 12.2. The van der Waals surface area contributed by atoms with Crippen LogP contribution in [0.3, 0.4) is 0 Å². The summed E-state index contributed by atoms with van der Waals surface area (Å²) >= 11 is 12.0. The molecule has 0 aliphatic heterocycles. The first-order valence-electron chi connectivity index (χ1n) is 7.06. The first-order chi connectivity index (χ1) is 10.1. The quantitative estimate of drug-likeness (QED) is 0.720. The van der Waals surface area contributed by atoms with E-state index in [0.717, 1.165) is 18.7 Å². The van der Waals surface area contributed by atoms with E-state index in [1.54, 1.807) is 18.2 Å². The lowest BCUT2D eigenvalue weighted by molar-refractivity contribution is 0.482. The number of hydrogen-bond acceptors (Lipinski definition) is 2. The number of rotatable bonds is 6. The number of benzene rings is 2. The second kappa shape index (κ2) is 7.69. The summed E-state index contributed by atoms with van der Waals surface area (Å²) in [5, 5.41) is 4.56. The molecule has 0 aliphatic rings. The molecule has 2 aromatic carbocycles. The Balaban J connectivity index is 2.05. The van der Waals surface area contributed by atoms with E-state index in [1.165, 1.54) is 5.56 Å². The maximum absolute atomic E-state index is 6.10. The van der Waals surface area contributed by atoms with Crippen molar-refractivity contribution in [1.29, 1.82) is 0 Å². The van der Waals surface area contributed by atoms with Gasteiger partial charge in [-0.3, -0.25) is 0 Å². The fraction of sp³-hybridized carbons (Fsp3) is 0.294. The van der Waals surface area contributed by atoms with Gasteiger partial charge >= 0.3 is 0 Å². The van der Waals surface area contributed by atoms with Gasteiger partial charge in [0.1, 0.15) is 11.5 Å².